The van der Waals surface area contributed by atoms with Crippen LogP contribution in [0.1, 0.15) is 50.5 Å². The van der Waals surface area contributed by atoms with Gasteiger partial charge in [0.05, 0.1) is 4.90 Å². The monoisotopic (exact) mass is 319 g/mol. The molecule has 1 aliphatic carbocycles. The molecule has 0 bridgehead atoms. The average Bonchev–Trinajstić information content (AvgIpc) is 2.98. The number of hydrogen-bond donors (Lipinski definition) is 0. The van der Waals surface area contributed by atoms with Gasteiger partial charge in [0.2, 0.25) is 10.0 Å². The van der Waals surface area contributed by atoms with Crippen LogP contribution in [0.5, 0.6) is 0 Å². The van der Waals surface area contributed by atoms with Crippen LogP contribution in [-0.4, -0.2) is 25.3 Å². The third kappa shape index (κ3) is 3.28. The van der Waals surface area contributed by atoms with Gasteiger partial charge in [0.25, 0.3) is 0 Å². The minimum absolute atomic E-state index is 0.0550. The smallest absolute Gasteiger partial charge is 0.207 e. The molecule has 1 saturated carbocycles. The molecule has 3 nitrogen and oxygen atoms in total. The van der Waals surface area contributed by atoms with Crippen LogP contribution in [0.2, 0.25) is 0 Å². The number of sulfonamides is 1. The van der Waals surface area contributed by atoms with Crippen molar-refractivity contribution in [3.63, 3.8) is 0 Å². The van der Waals surface area contributed by atoms with E-state index in [1.165, 1.54) is 24.8 Å². The van der Waals surface area contributed by atoms with E-state index in [-0.39, 0.29) is 6.04 Å². The van der Waals surface area contributed by atoms with E-state index in [1.807, 2.05) is 19.1 Å². The molecule has 0 N–H and O–H groups in total. The number of aryl methyl sites for hydroxylation is 1. The summed E-state index contributed by atoms with van der Waals surface area (Å²) in [5.74, 6) is 0. The normalized spacial score (nSPS) is 23.7. The predicted octanol–water partition coefficient (Wildman–Crippen LogP) is 4.04. The molecule has 2 fully saturated rings. The van der Waals surface area contributed by atoms with E-state index >= 15 is 0 Å². The van der Waals surface area contributed by atoms with Crippen LogP contribution in [-0.2, 0) is 10.0 Å². The minimum atomic E-state index is -3.37. The summed E-state index contributed by atoms with van der Waals surface area (Å²) in [6, 6.07) is 7.26. The van der Waals surface area contributed by atoms with Gasteiger partial charge >= 0.3 is 0 Å². The molecule has 1 heterocycles. The molecular formula is C18H25NO2S. The van der Waals surface area contributed by atoms with Crippen LogP contribution < -0.4 is 0 Å². The highest BCUT2D eigenvalue weighted by Crippen LogP contribution is 2.30. The predicted molar refractivity (Wildman–Crippen MR) is 89.3 cm³/mol. The molecule has 1 saturated heterocycles. The first kappa shape index (κ1) is 15.8. The van der Waals surface area contributed by atoms with Gasteiger partial charge in [0, 0.05) is 12.6 Å². The van der Waals surface area contributed by atoms with Gasteiger partial charge in [-0.15, -0.1) is 0 Å². The SMILES string of the molecule is Cc1ccc(S(=O)(=O)N2CCC[C@@H]2C=C2CCCCC2)cc1. The fourth-order valence-corrected chi connectivity index (χ4v) is 5.16. The maximum absolute atomic E-state index is 12.9. The Labute approximate surface area is 134 Å². The van der Waals surface area contributed by atoms with Crippen molar-refractivity contribution in [3.05, 3.63) is 41.5 Å². The average molecular weight is 319 g/mol. The zero-order valence-corrected chi connectivity index (χ0v) is 14.1. The van der Waals surface area contributed by atoms with Gasteiger partial charge < -0.3 is 0 Å². The molecule has 22 heavy (non-hydrogen) atoms. The summed E-state index contributed by atoms with van der Waals surface area (Å²) in [6.45, 7) is 2.62. The Morgan fingerprint density at radius 1 is 1.05 bits per heavy atom. The lowest BCUT2D eigenvalue weighted by Gasteiger charge is -2.24. The Bertz CT molecular complexity index is 638. The molecule has 3 rings (SSSR count). The Hall–Kier alpha value is -1.13. The summed E-state index contributed by atoms with van der Waals surface area (Å²) in [6.07, 6.45) is 10.3. The van der Waals surface area contributed by atoms with Crippen molar-refractivity contribution in [2.45, 2.75) is 62.8 Å². The summed E-state index contributed by atoms with van der Waals surface area (Å²) in [5, 5.41) is 0. The van der Waals surface area contributed by atoms with Crippen LogP contribution in [0, 0.1) is 6.92 Å². The van der Waals surface area contributed by atoms with Gasteiger partial charge in [-0.3, -0.25) is 0 Å². The molecular weight excluding hydrogens is 294 g/mol. The van der Waals surface area contributed by atoms with Gasteiger partial charge in [-0.05, 0) is 57.6 Å². The zero-order chi connectivity index (χ0) is 15.6. The zero-order valence-electron chi connectivity index (χ0n) is 13.3. The molecule has 1 atom stereocenters. The Morgan fingerprint density at radius 3 is 2.41 bits per heavy atom. The highest BCUT2D eigenvalue weighted by atomic mass is 32.2. The molecule has 0 unspecified atom stereocenters. The quantitative estimate of drug-likeness (QED) is 0.789. The Balaban J connectivity index is 1.84. The number of nitrogens with zero attached hydrogens (tertiary/aromatic N) is 1. The van der Waals surface area contributed by atoms with E-state index in [9.17, 15) is 8.42 Å². The molecule has 4 heteroatoms. The molecule has 1 aromatic carbocycles. The van der Waals surface area contributed by atoms with Gasteiger partial charge in [-0.25, -0.2) is 8.42 Å². The van der Waals surface area contributed by atoms with Crippen LogP contribution in [0.4, 0.5) is 0 Å². The second-order valence-electron chi connectivity index (χ2n) is 6.52. The lowest BCUT2D eigenvalue weighted by Crippen LogP contribution is -2.34. The van der Waals surface area contributed by atoms with Crippen molar-refractivity contribution in [2.75, 3.05) is 6.54 Å². The lowest BCUT2D eigenvalue weighted by molar-refractivity contribution is 0.429. The largest absolute Gasteiger partial charge is 0.243 e. The highest BCUT2D eigenvalue weighted by molar-refractivity contribution is 7.89. The van der Waals surface area contributed by atoms with E-state index in [4.69, 9.17) is 0 Å². The summed E-state index contributed by atoms with van der Waals surface area (Å²) in [4.78, 5) is 0.423. The third-order valence-corrected chi connectivity index (χ3v) is 6.74. The second kappa shape index (κ2) is 6.55. The maximum Gasteiger partial charge on any atom is 0.243 e. The summed E-state index contributed by atoms with van der Waals surface area (Å²) in [5.41, 5.74) is 2.54. The second-order valence-corrected chi connectivity index (χ2v) is 8.41. The van der Waals surface area contributed by atoms with Crippen molar-refractivity contribution >= 4 is 10.0 Å². The third-order valence-electron chi connectivity index (χ3n) is 4.80. The lowest BCUT2D eigenvalue weighted by atomic mass is 9.93. The Morgan fingerprint density at radius 2 is 1.73 bits per heavy atom. The van der Waals surface area contributed by atoms with Crippen LogP contribution in [0.25, 0.3) is 0 Å². The van der Waals surface area contributed by atoms with Crippen molar-refractivity contribution in [1.82, 2.24) is 4.31 Å². The van der Waals surface area contributed by atoms with Crippen molar-refractivity contribution in [2.24, 2.45) is 0 Å². The fraction of sp³-hybridized carbons (Fsp3) is 0.556. The van der Waals surface area contributed by atoms with E-state index in [1.54, 1.807) is 16.4 Å². The number of rotatable bonds is 3. The van der Waals surface area contributed by atoms with E-state index in [0.29, 0.717) is 11.4 Å². The molecule has 0 spiro atoms. The van der Waals surface area contributed by atoms with Crippen molar-refractivity contribution < 1.29 is 8.42 Å². The molecule has 2 aliphatic rings. The summed E-state index contributed by atoms with van der Waals surface area (Å²) in [7, 11) is -3.37. The standard InChI is InChI=1S/C18H25NO2S/c1-15-9-11-18(12-10-15)22(20,21)19-13-5-8-17(19)14-16-6-3-2-4-7-16/h9-12,14,17H,2-8,13H2,1H3/t17-/m1/s1. The van der Waals surface area contributed by atoms with Crippen molar-refractivity contribution in [3.8, 4) is 0 Å². The first-order chi connectivity index (χ1) is 10.6. The Kier molecular flexibility index (Phi) is 4.69. The van der Waals surface area contributed by atoms with E-state index < -0.39 is 10.0 Å². The number of benzene rings is 1. The van der Waals surface area contributed by atoms with E-state index in [2.05, 4.69) is 6.08 Å². The number of hydrogen-bond acceptors (Lipinski definition) is 2. The summed E-state index contributed by atoms with van der Waals surface area (Å²) >= 11 is 0. The molecule has 0 radical (unpaired) electrons. The fourth-order valence-electron chi connectivity index (χ4n) is 3.52. The molecule has 0 aromatic heterocycles. The van der Waals surface area contributed by atoms with E-state index in [0.717, 1.165) is 31.2 Å². The highest BCUT2D eigenvalue weighted by Gasteiger charge is 2.34. The van der Waals surface area contributed by atoms with Gasteiger partial charge in [-0.2, -0.15) is 4.31 Å². The summed E-state index contributed by atoms with van der Waals surface area (Å²) < 4.78 is 27.5. The van der Waals surface area contributed by atoms with Crippen LogP contribution in [0.15, 0.2) is 40.8 Å². The van der Waals surface area contributed by atoms with Crippen LogP contribution >= 0.6 is 0 Å². The molecule has 1 aromatic rings. The number of allylic oxidation sites excluding steroid dienone is 1. The van der Waals surface area contributed by atoms with Gasteiger partial charge in [0.1, 0.15) is 0 Å². The van der Waals surface area contributed by atoms with Gasteiger partial charge in [0.15, 0.2) is 0 Å². The molecule has 0 amide bonds. The van der Waals surface area contributed by atoms with Crippen LogP contribution in [0.3, 0.4) is 0 Å². The molecule has 120 valence electrons. The minimum Gasteiger partial charge on any atom is -0.207 e. The maximum atomic E-state index is 12.9. The topological polar surface area (TPSA) is 37.4 Å². The first-order valence-electron chi connectivity index (χ1n) is 8.35. The molecule has 1 aliphatic heterocycles. The van der Waals surface area contributed by atoms with Crippen molar-refractivity contribution in [1.29, 1.82) is 0 Å². The van der Waals surface area contributed by atoms with Gasteiger partial charge in [-0.1, -0.05) is 35.8 Å². The first-order valence-corrected chi connectivity index (χ1v) is 9.79.